The lowest BCUT2D eigenvalue weighted by Crippen LogP contribution is -2.13. The van der Waals surface area contributed by atoms with Gasteiger partial charge in [-0.3, -0.25) is 5.32 Å². The van der Waals surface area contributed by atoms with E-state index in [1.165, 1.54) is 0 Å². The highest BCUT2D eigenvalue weighted by Gasteiger charge is 2.07. The van der Waals surface area contributed by atoms with E-state index in [1.807, 2.05) is 30.3 Å². The molecule has 0 atom stereocenters. The zero-order chi connectivity index (χ0) is 13.7. The molecule has 0 bridgehead atoms. The first-order chi connectivity index (χ1) is 9.15. The Labute approximate surface area is 121 Å². The number of benzene rings is 2. The Morgan fingerprint density at radius 3 is 2.53 bits per heavy atom. The lowest BCUT2D eigenvalue weighted by molar-refractivity contribution is 0.155. The van der Waals surface area contributed by atoms with Crippen LogP contribution in [-0.4, -0.2) is 6.09 Å². The summed E-state index contributed by atoms with van der Waals surface area (Å²) in [6, 6.07) is 14.2. The third-order valence-electron chi connectivity index (χ3n) is 2.38. The molecule has 98 valence electrons. The Hall–Kier alpha value is -1.71. The topological polar surface area (TPSA) is 38.3 Å². The van der Waals surface area contributed by atoms with Crippen LogP contribution in [0.5, 0.6) is 0 Å². The number of anilines is 1. The Morgan fingerprint density at radius 2 is 1.84 bits per heavy atom. The quantitative estimate of drug-likeness (QED) is 0.888. The second kappa shape index (κ2) is 6.45. The second-order valence-electron chi connectivity index (χ2n) is 3.81. The van der Waals surface area contributed by atoms with Crippen molar-refractivity contribution in [1.29, 1.82) is 0 Å². The summed E-state index contributed by atoms with van der Waals surface area (Å²) in [6.45, 7) is 0.206. The van der Waals surface area contributed by atoms with Gasteiger partial charge in [-0.2, -0.15) is 0 Å². The first-order valence-corrected chi connectivity index (χ1v) is 6.33. The number of hydrogen-bond acceptors (Lipinski definition) is 2. The van der Waals surface area contributed by atoms with Crippen molar-refractivity contribution in [2.24, 2.45) is 0 Å². The van der Waals surface area contributed by atoms with Crippen LogP contribution in [0, 0.1) is 0 Å². The van der Waals surface area contributed by atoms with E-state index < -0.39 is 6.09 Å². The fourth-order valence-electron chi connectivity index (χ4n) is 1.46. The molecule has 0 aliphatic carbocycles. The average Bonchev–Trinajstić information content (AvgIpc) is 2.41. The van der Waals surface area contributed by atoms with E-state index in [0.717, 1.165) is 5.56 Å². The Morgan fingerprint density at radius 1 is 1.11 bits per heavy atom. The zero-order valence-corrected chi connectivity index (χ0v) is 11.4. The summed E-state index contributed by atoms with van der Waals surface area (Å²) >= 11 is 11.7. The molecule has 3 nitrogen and oxygen atoms in total. The number of carbonyl (C=O) groups is 1. The van der Waals surface area contributed by atoms with Crippen molar-refractivity contribution in [3.05, 3.63) is 64.1 Å². The number of amides is 1. The number of ether oxygens (including phenoxy) is 1. The number of rotatable bonds is 3. The summed E-state index contributed by atoms with van der Waals surface area (Å²) in [4.78, 5) is 11.6. The van der Waals surface area contributed by atoms with E-state index in [9.17, 15) is 4.79 Å². The van der Waals surface area contributed by atoms with Crippen LogP contribution < -0.4 is 5.32 Å². The van der Waals surface area contributed by atoms with E-state index in [0.29, 0.717) is 15.7 Å². The summed E-state index contributed by atoms with van der Waals surface area (Å²) in [6.07, 6.45) is -0.562. The Balaban J connectivity index is 1.91. The van der Waals surface area contributed by atoms with Crippen LogP contribution in [0.1, 0.15) is 5.56 Å². The molecule has 0 aliphatic rings. The molecular formula is C14H11Cl2NO2. The van der Waals surface area contributed by atoms with Gasteiger partial charge in [-0.25, -0.2) is 4.79 Å². The van der Waals surface area contributed by atoms with Gasteiger partial charge in [-0.05, 0) is 23.8 Å². The highest BCUT2D eigenvalue weighted by Crippen LogP contribution is 2.25. The normalized spacial score (nSPS) is 10.0. The predicted octanol–water partition coefficient (Wildman–Crippen LogP) is 4.74. The molecule has 2 rings (SSSR count). The molecule has 0 spiro atoms. The maximum atomic E-state index is 11.6. The molecule has 1 N–H and O–H groups in total. The average molecular weight is 296 g/mol. The van der Waals surface area contributed by atoms with Crippen molar-refractivity contribution in [2.45, 2.75) is 6.61 Å². The van der Waals surface area contributed by atoms with Crippen molar-refractivity contribution in [1.82, 2.24) is 0 Å². The second-order valence-corrected chi connectivity index (χ2v) is 4.65. The van der Waals surface area contributed by atoms with Crippen molar-refractivity contribution in [2.75, 3.05) is 5.32 Å². The van der Waals surface area contributed by atoms with Crippen LogP contribution in [-0.2, 0) is 11.3 Å². The molecule has 0 aliphatic heterocycles. The number of nitrogens with one attached hydrogen (secondary N) is 1. The SMILES string of the molecule is O=C(Nc1ccc(Cl)cc1Cl)OCc1ccccc1. The van der Waals surface area contributed by atoms with E-state index >= 15 is 0 Å². The minimum Gasteiger partial charge on any atom is -0.444 e. The first kappa shape index (κ1) is 13.7. The fraction of sp³-hybridized carbons (Fsp3) is 0.0714. The Kier molecular flexibility index (Phi) is 4.66. The smallest absolute Gasteiger partial charge is 0.412 e. The highest BCUT2D eigenvalue weighted by atomic mass is 35.5. The van der Waals surface area contributed by atoms with Gasteiger partial charge >= 0.3 is 6.09 Å². The van der Waals surface area contributed by atoms with Crippen LogP contribution in [0.3, 0.4) is 0 Å². The molecule has 2 aromatic carbocycles. The molecule has 0 fully saturated rings. The minimum atomic E-state index is -0.562. The Bertz CT molecular complexity index is 573. The standard InChI is InChI=1S/C14H11Cl2NO2/c15-11-6-7-13(12(16)8-11)17-14(18)19-9-10-4-2-1-3-5-10/h1-8H,9H2,(H,17,18). The van der Waals surface area contributed by atoms with E-state index in [1.54, 1.807) is 18.2 Å². The largest absolute Gasteiger partial charge is 0.444 e. The molecule has 2 aromatic rings. The van der Waals surface area contributed by atoms with Crippen molar-refractivity contribution in [3.8, 4) is 0 Å². The van der Waals surface area contributed by atoms with Gasteiger partial charge in [0.2, 0.25) is 0 Å². The third-order valence-corrected chi connectivity index (χ3v) is 2.93. The van der Waals surface area contributed by atoms with Gasteiger partial charge in [-0.15, -0.1) is 0 Å². The first-order valence-electron chi connectivity index (χ1n) is 5.58. The van der Waals surface area contributed by atoms with Crippen molar-refractivity contribution >= 4 is 35.0 Å². The summed E-state index contributed by atoms with van der Waals surface area (Å²) in [5.41, 5.74) is 1.38. The lowest BCUT2D eigenvalue weighted by atomic mass is 10.2. The van der Waals surface area contributed by atoms with Gasteiger partial charge in [0.25, 0.3) is 0 Å². The monoisotopic (exact) mass is 295 g/mol. The van der Waals surface area contributed by atoms with Crippen LogP contribution >= 0.6 is 23.2 Å². The van der Waals surface area contributed by atoms with Gasteiger partial charge in [-0.1, -0.05) is 53.5 Å². The maximum absolute atomic E-state index is 11.6. The van der Waals surface area contributed by atoms with Gasteiger partial charge in [0.1, 0.15) is 6.61 Å². The van der Waals surface area contributed by atoms with Crippen LogP contribution in [0.2, 0.25) is 10.0 Å². The molecule has 19 heavy (non-hydrogen) atoms. The van der Waals surface area contributed by atoms with Gasteiger partial charge in [0, 0.05) is 5.02 Å². The molecule has 0 unspecified atom stereocenters. The predicted molar refractivity (Wildman–Crippen MR) is 76.7 cm³/mol. The minimum absolute atomic E-state index is 0.206. The van der Waals surface area contributed by atoms with Gasteiger partial charge < -0.3 is 4.74 Å². The van der Waals surface area contributed by atoms with Gasteiger partial charge in [0.15, 0.2) is 0 Å². The molecule has 0 radical (unpaired) electrons. The molecule has 0 aromatic heterocycles. The number of hydrogen-bond donors (Lipinski definition) is 1. The zero-order valence-electron chi connectivity index (χ0n) is 9.90. The molecule has 1 amide bonds. The number of carbonyl (C=O) groups excluding carboxylic acids is 1. The summed E-state index contributed by atoms with van der Waals surface area (Å²) in [5.74, 6) is 0. The van der Waals surface area contributed by atoms with E-state index in [2.05, 4.69) is 5.32 Å². The summed E-state index contributed by atoms with van der Waals surface area (Å²) < 4.78 is 5.08. The maximum Gasteiger partial charge on any atom is 0.412 e. The highest BCUT2D eigenvalue weighted by molar-refractivity contribution is 6.36. The molecule has 0 saturated heterocycles. The fourth-order valence-corrected chi connectivity index (χ4v) is 1.92. The number of halogens is 2. The molecular weight excluding hydrogens is 285 g/mol. The van der Waals surface area contributed by atoms with Crippen molar-refractivity contribution in [3.63, 3.8) is 0 Å². The van der Waals surface area contributed by atoms with Crippen LogP contribution in [0.15, 0.2) is 48.5 Å². The van der Waals surface area contributed by atoms with E-state index in [4.69, 9.17) is 27.9 Å². The lowest BCUT2D eigenvalue weighted by Gasteiger charge is -2.08. The van der Waals surface area contributed by atoms with Crippen LogP contribution in [0.4, 0.5) is 10.5 Å². The molecule has 0 heterocycles. The van der Waals surface area contributed by atoms with Gasteiger partial charge in [0.05, 0.1) is 10.7 Å². The summed E-state index contributed by atoms with van der Waals surface area (Å²) in [5, 5.41) is 3.43. The summed E-state index contributed by atoms with van der Waals surface area (Å²) in [7, 11) is 0. The van der Waals surface area contributed by atoms with Crippen molar-refractivity contribution < 1.29 is 9.53 Å². The van der Waals surface area contributed by atoms with E-state index in [-0.39, 0.29) is 6.61 Å². The molecule has 0 saturated carbocycles. The molecule has 5 heteroatoms. The van der Waals surface area contributed by atoms with Crippen LogP contribution in [0.25, 0.3) is 0 Å². The third kappa shape index (κ3) is 4.16.